The van der Waals surface area contributed by atoms with E-state index in [4.69, 9.17) is 15.6 Å². The number of hydrogen-bond acceptors (Lipinski definition) is 5. The highest BCUT2D eigenvalue weighted by molar-refractivity contribution is 9.10. The van der Waals surface area contributed by atoms with Gasteiger partial charge in [-0.1, -0.05) is 32.6 Å². The molecule has 4 N–H and O–H groups in total. The van der Waals surface area contributed by atoms with Crippen LogP contribution >= 0.6 is 15.9 Å². The fourth-order valence-corrected chi connectivity index (χ4v) is 4.42. The zero-order valence-corrected chi connectivity index (χ0v) is 18.7. The lowest BCUT2D eigenvalue weighted by molar-refractivity contribution is 0.0497. The van der Waals surface area contributed by atoms with Gasteiger partial charge in [-0.15, -0.1) is 0 Å². The zero-order chi connectivity index (χ0) is 20.4. The fourth-order valence-electron chi connectivity index (χ4n) is 3.92. The van der Waals surface area contributed by atoms with Crippen molar-refractivity contribution in [1.82, 2.24) is 5.32 Å². The standard InChI is InChI=1S/C22H35BrN2O3/c1-2-22(10-6-5-7-11-22)25-16-18-14-17(15-19(23)20(18)24)21(27)28-13-9-4-3-8-12-26/h14-15,25-26H,2-13,16,24H2,1H3. The van der Waals surface area contributed by atoms with Gasteiger partial charge in [-0.25, -0.2) is 4.79 Å². The van der Waals surface area contributed by atoms with Crippen LogP contribution in [0.25, 0.3) is 0 Å². The van der Waals surface area contributed by atoms with Crippen molar-refractivity contribution in [3.05, 3.63) is 27.7 Å². The van der Waals surface area contributed by atoms with E-state index in [0.29, 0.717) is 24.4 Å². The van der Waals surface area contributed by atoms with E-state index >= 15 is 0 Å². The maximum Gasteiger partial charge on any atom is 0.338 e. The highest BCUT2D eigenvalue weighted by Gasteiger charge is 2.29. The summed E-state index contributed by atoms with van der Waals surface area (Å²) in [4.78, 5) is 12.4. The molecule has 0 atom stereocenters. The largest absolute Gasteiger partial charge is 0.462 e. The highest BCUT2D eigenvalue weighted by atomic mass is 79.9. The van der Waals surface area contributed by atoms with Crippen LogP contribution in [0.15, 0.2) is 16.6 Å². The first-order valence-electron chi connectivity index (χ1n) is 10.6. The van der Waals surface area contributed by atoms with Crippen LogP contribution in [0.3, 0.4) is 0 Å². The molecule has 1 aliphatic rings. The number of nitrogen functional groups attached to an aromatic ring is 1. The number of unbranched alkanes of at least 4 members (excludes halogenated alkanes) is 3. The van der Waals surface area contributed by atoms with Crippen LogP contribution in [-0.4, -0.2) is 29.8 Å². The van der Waals surface area contributed by atoms with Gasteiger partial charge in [0.2, 0.25) is 0 Å². The van der Waals surface area contributed by atoms with Gasteiger partial charge in [0.15, 0.2) is 0 Å². The number of carbonyl (C=O) groups is 1. The van der Waals surface area contributed by atoms with Gasteiger partial charge in [0.1, 0.15) is 0 Å². The molecule has 0 bridgehead atoms. The predicted molar refractivity (Wildman–Crippen MR) is 117 cm³/mol. The average Bonchev–Trinajstić information content (AvgIpc) is 2.72. The molecule has 6 heteroatoms. The topological polar surface area (TPSA) is 84.6 Å². The minimum Gasteiger partial charge on any atom is -0.462 e. The van der Waals surface area contributed by atoms with E-state index in [9.17, 15) is 4.79 Å². The summed E-state index contributed by atoms with van der Waals surface area (Å²) in [6.45, 7) is 3.51. The summed E-state index contributed by atoms with van der Waals surface area (Å²) in [5.74, 6) is -0.313. The fraction of sp³-hybridized carbons (Fsp3) is 0.682. The number of ether oxygens (including phenoxy) is 1. The highest BCUT2D eigenvalue weighted by Crippen LogP contribution is 2.32. The van der Waals surface area contributed by atoms with Crippen molar-refractivity contribution in [2.45, 2.75) is 83.2 Å². The summed E-state index contributed by atoms with van der Waals surface area (Å²) in [6.07, 6.45) is 10.9. The molecule has 2 rings (SSSR count). The van der Waals surface area contributed by atoms with Crippen molar-refractivity contribution in [2.75, 3.05) is 18.9 Å². The molecule has 1 saturated carbocycles. The van der Waals surface area contributed by atoms with Crippen LogP contribution in [0, 0.1) is 0 Å². The maximum atomic E-state index is 12.4. The van der Waals surface area contributed by atoms with Crippen molar-refractivity contribution in [1.29, 1.82) is 0 Å². The molecule has 0 saturated heterocycles. The van der Waals surface area contributed by atoms with Crippen molar-refractivity contribution >= 4 is 27.6 Å². The summed E-state index contributed by atoms with van der Waals surface area (Å²) < 4.78 is 6.14. The second kappa shape index (κ2) is 11.8. The van der Waals surface area contributed by atoms with Gasteiger partial charge in [-0.2, -0.15) is 0 Å². The number of benzene rings is 1. The van der Waals surface area contributed by atoms with Gasteiger partial charge in [-0.3, -0.25) is 0 Å². The monoisotopic (exact) mass is 454 g/mol. The second-order valence-electron chi connectivity index (χ2n) is 7.85. The Kier molecular flexibility index (Phi) is 9.75. The molecule has 0 spiro atoms. The third kappa shape index (κ3) is 6.75. The summed E-state index contributed by atoms with van der Waals surface area (Å²) in [5, 5.41) is 12.5. The summed E-state index contributed by atoms with van der Waals surface area (Å²) in [5.41, 5.74) is 8.58. The molecule has 0 aromatic heterocycles. The van der Waals surface area contributed by atoms with E-state index in [-0.39, 0.29) is 18.1 Å². The minimum absolute atomic E-state index is 0.183. The molecule has 1 fully saturated rings. The number of aliphatic hydroxyl groups is 1. The Labute approximate surface area is 177 Å². The Morgan fingerprint density at radius 3 is 2.61 bits per heavy atom. The summed E-state index contributed by atoms with van der Waals surface area (Å²) in [6, 6.07) is 3.59. The van der Waals surface area contributed by atoms with Crippen molar-refractivity contribution in [3.8, 4) is 0 Å². The first-order chi connectivity index (χ1) is 13.5. The molecule has 158 valence electrons. The van der Waals surface area contributed by atoms with Crippen LogP contribution < -0.4 is 11.1 Å². The number of nitrogens with one attached hydrogen (secondary N) is 1. The Bertz CT molecular complexity index is 630. The number of rotatable bonds is 11. The average molecular weight is 455 g/mol. The summed E-state index contributed by atoms with van der Waals surface area (Å²) in [7, 11) is 0. The molecular formula is C22H35BrN2O3. The van der Waals surface area contributed by atoms with Gasteiger partial charge in [0.25, 0.3) is 0 Å². The molecule has 0 unspecified atom stereocenters. The molecule has 1 aliphatic carbocycles. The molecule has 5 nitrogen and oxygen atoms in total. The molecule has 0 heterocycles. The number of carbonyl (C=O) groups excluding carboxylic acids is 1. The number of nitrogens with two attached hydrogens (primary N) is 1. The molecule has 1 aromatic rings. The van der Waals surface area contributed by atoms with Crippen LogP contribution in [0.2, 0.25) is 0 Å². The normalized spacial score (nSPS) is 16.1. The Balaban J connectivity index is 1.96. The SMILES string of the molecule is CCC1(NCc2cc(C(=O)OCCCCCCO)cc(Br)c2N)CCCCC1. The smallest absolute Gasteiger partial charge is 0.338 e. The number of esters is 1. The lowest BCUT2D eigenvalue weighted by atomic mass is 9.79. The quantitative estimate of drug-likeness (QED) is 0.250. The van der Waals surface area contributed by atoms with Gasteiger partial charge in [-0.05, 0) is 72.2 Å². The van der Waals surface area contributed by atoms with Crippen molar-refractivity contribution in [3.63, 3.8) is 0 Å². The number of aliphatic hydroxyl groups excluding tert-OH is 1. The van der Waals surface area contributed by atoms with E-state index in [0.717, 1.165) is 42.1 Å². The first-order valence-corrected chi connectivity index (χ1v) is 11.4. The van der Waals surface area contributed by atoms with Crippen molar-refractivity contribution < 1.29 is 14.6 Å². The molecular weight excluding hydrogens is 420 g/mol. The summed E-state index contributed by atoms with van der Waals surface area (Å²) >= 11 is 3.49. The van der Waals surface area contributed by atoms with Crippen LogP contribution in [0.1, 0.15) is 87.1 Å². The van der Waals surface area contributed by atoms with E-state index in [2.05, 4.69) is 28.2 Å². The molecule has 1 aromatic carbocycles. The Morgan fingerprint density at radius 1 is 1.21 bits per heavy atom. The number of anilines is 1. The van der Waals surface area contributed by atoms with E-state index in [1.807, 2.05) is 6.07 Å². The third-order valence-corrected chi connectivity index (χ3v) is 6.53. The molecule has 0 radical (unpaired) electrons. The predicted octanol–water partition coefficient (Wildman–Crippen LogP) is 4.94. The van der Waals surface area contributed by atoms with Crippen LogP contribution in [0.4, 0.5) is 5.69 Å². The number of halogens is 1. The van der Waals surface area contributed by atoms with E-state index in [1.165, 1.54) is 32.1 Å². The van der Waals surface area contributed by atoms with Gasteiger partial charge < -0.3 is 20.9 Å². The number of hydrogen-bond donors (Lipinski definition) is 3. The first kappa shape index (κ1) is 23.2. The van der Waals surface area contributed by atoms with E-state index < -0.39 is 0 Å². The molecule has 28 heavy (non-hydrogen) atoms. The minimum atomic E-state index is -0.313. The lowest BCUT2D eigenvalue weighted by Crippen LogP contribution is -2.45. The van der Waals surface area contributed by atoms with E-state index in [1.54, 1.807) is 6.07 Å². The van der Waals surface area contributed by atoms with Gasteiger partial charge in [0, 0.05) is 23.2 Å². The third-order valence-electron chi connectivity index (χ3n) is 5.88. The van der Waals surface area contributed by atoms with Gasteiger partial charge in [0.05, 0.1) is 17.9 Å². The zero-order valence-electron chi connectivity index (χ0n) is 17.1. The maximum absolute atomic E-state index is 12.4. The van der Waals surface area contributed by atoms with Crippen LogP contribution in [0.5, 0.6) is 0 Å². The molecule has 0 amide bonds. The Morgan fingerprint density at radius 2 is 1.93 bits per heavy atom. The lowest BCUT2D eigenvalue weighted by Gasteiger charge is -2.38. The van der Waals surface area contributed by atoms with Crippen molar-refractivity contribution in [2.24, 2.45) is 0 Å². The van der Waals surface area contributed by atoms with Crippen LogP contribution in [-0.2, 0) is 11.3 Å². The van der Waals surface area contributed by atoms with Gasteiger partial charge >= 0.3 is 5.97 Å². The second-order valence-corrected chi connectivity index (χ2v) is 8.71. The Hall–Kier alpha value is -1.11. The molecule has 0 aliphatic heterocycles.